The van der Waals surface area contributed by atoms with Gasteiger partial charge in [-0.3, -0.25) is 0 Å². The number of nitrogens with one attached hydrogen (secondary N) is 1. The molecule has 123 valence electrons. The van der Waals surface area contributed by atoms with Crippen LogP contribution in [-0.4, -0.2) is 30.6 Å². The van der Waals surface area contributed by atoms with Crippen molar-refractivity contribution < 1.29 is 9.84 Å². The van der Waals surface area contributed by atoms with Crippen LogP contribution in [0.25, 0.3) is 0 Å². The number of aliphatic hydroxyl groups is 1. The molecule has 1 radical (unpaired) electrons. The zero-order chi connectivity index (χ0) is 16.3. The number of benzene rings is 2. The molecule has 2 rings (SSSR count). The van der Waals surface area contributed by atoms with E-state index in [1.165, 1.54) is 5.56 Å². The zero-order valence-corrected chi connectivity index (χ0v) is 14.1. The van der Waals surface area contributed by atoms with Gasteiger partial charge in [0.15, 0.2) is 0 Å². The minimum atomic E-state index is -0.0260. The molecule has 0 heterocycles. The molecule has 0 aliphatic carbocycles. The number of ether oxygens (including phenoxy) is 1. The van der Waals surface area contributed by atoms with Crippen molar-refractivity contribution in [2.75, 3.05) is 19.5 Å². The van der Waals surface area contributed by atoms with Crippen LogP contribution in [-0.2, 0) is 12.3 Å². The highest BCUT2D eigenvalue weighted by molar-refractivity contribution is 7.98. The van der Waals surface area contributed by atoms with E-state index in [2.05, 4.69) is 23.0 Å². The Morgan fingerprint density at radius 2 is 1.83 bits per heavy atom. The fraction of sp³-hybridized carbons (Fsp3) is 0.333. The number of rotatable bonds is 10. The second-order valence-electron chi connectivity index (χ2n) is 5.17. The molecule has 2 aromatic rings. The van der Waals surface area contributed by atoms with E-state index in [-0.39, 0.29) is 12.6 Å². The Kier molecular flexibility index (Phi) is 7.97. The SMILES string of the molecule is COc1ccc(C[N]NC(CO)CSCc2ccccc2)cc1. The molecule has 5 heteroatoms. The van der Waals surface area contributed by atoms with Gasteiger partial charge in [0.05, 0.1) is 26.3 Å². The van der Waals surface area contributed by atoms with Crippen molar-refractivity contribution in [1.82, 2.24) is 10.9 Å². The van der Waals surface area contributed by atoms with Crippen molar-refractivity contribution in [3.05, 3.63) is 65.7 Å². The van der Waals surface area contributed by atoms with Gasteiger partial charge in [-0.05, 0) is 23.3 Å². The maximum atomic E-state index is 9.44. The van der Waals surface area contributed by atoms with Gasteiger partial charge in [0, 0.05) is 11.5 Å². The quantitative estimate of drug-likeness (QED) is 0.657. The summed E-state index contributed by atoms with van der Waals surface area (Å²) >= 11 is 1.79. The van der Waals surface area contributed by atoms with Gasteiger partial charge < -0.3 is 9.84 Å². The van der Waals surface area contributed by atoms with Crippen LogP contribution in [0.5, 0.6) is 5.75 Å². The smallest absolute Gasteiger partial charge is 0.118 e. The third kappa shape index (κ3) is 6.62. The molecule has 23 heavy (non-hydrogen) atoms. The summed E-state index contributed by atoms with van der Waals surface area (Å²) in [7, 11) is 1.65. The van der Waals surface area contributed by atoms with E-state index in [0.29, 0.717) is 6.54 Å². The number of nitrogens with zero attached hydrogens (tertiary/aromatic N) is 1. The summed E-state index contributed by atoms with van der Waals surface area (Å²) in [6.45, 7) is 0.651. The molecule has 0 saturated heterocycles. The third-order valence-electron chi connectivity index (χ3n) is 3.35. The van der Waals surface area contributed by atoms with Crippen LogP contribution in [0.2, 0.25) is 0 Å². The van der Waals surface area contributed by atoms with Crippen molar-refractivity contribution in [1.29, 1.82) is 0 Å². The first-order valence-corrected chi connectivity index (χ1v) is 8.74. The molecule has 0 spiro atoms. The van der Waals surface area contributed by atoms with E-state index < -0.39 is 0 Å². The first-order valence-electron chi connectivity index (χ1n) is 7.59. The summed E-state index contributed by atoms with van der Waals surface area (Å²) in [5, 5.41) is 9.44. The minimum absolute atomic E-state index is 0.0260. The first kappa shape index (κ1) is 17.8. The van der Waals surface area contributed by atoms with E-state index in [1.54, 1.807) is 18.9 Å². The molecular formula is C18H23N2O2S. The molecule has 0 saturated carbocycles. The number of hydrogen-bond acceptors (Lipinski definition) is 4. The molecule has 0 fully saturated rings. The van der Waals surface area contributed by atoms with Gasteiger partial charge in [-0.25, -0.2) is 5.43 Å². The summed E-state index contributed by atoms with van der Waals surface area (Å²) in [5.41, 5.74) is 9.78. The van der Waals surface area contributed by atoms with E-state index in [4.69, 9.17) is 4.74 Å². The average molecular weight is 331 g/mol. The normalized spacial score (nSPS) is 12.1. The van der Waals surface area contributed by atoms with Crippen molar-refractivity contribution >= 4 is 11.8 Å². The number of hydrogen-bond donors (Lipinski definition) is 2. The lowest BCUT2D eigenvalue weighted by molar-refractivity contribution is 0.239. The van der Waals surface area contributed by atoms with Crippen LogP contribution >= 0.6 is 11.8 Å². The predicted octanol–water partition coefficient (Wildman–Crippen LogP) is 2.60. The van der Waals surface area contributed by atoms with Crippen molar-refractivity contribution in [3.8, 4) is 5.75 Å². The Balaban J connectivity index is 1.65. The lowest BCUT2D eigenvalue weighted by Gasteiger charge is -2.15. The van der Waals surface area contributed by atoms with E-state index in [1.807, 2.05) is 42.5 Å². The van der Waals surface area contributed by atoms with Crippen LogP contribution in [0.4, 0.5) is 0 Å². The van der Waals surface area contributed by atoms with Crippen LogP contribution in [0.15, 0.2) is 54.6 Å². The van der Waals surface area contributed by atoms with Crippen LogP contribution in [0.3, 0.4) is 0 Å². The molecule has 2 N–H and O–H groups in total. The zero-order valence-electron chi connectivity index (χ0n) is 13.3. The Bertz CT molecular complexity index is 549. The first-order chi connectivity index (χ1) is 11.3. The highest BCUT2D eigenvalue weighted by Gasteiger charge is 2.07. The van der Waals surface area contributed by atoms with Gasteiger partial charge in [0.2, 0.25) is 0 Å². The van der Waals surface area contributed by atoms with Crippen LogP contribution < -0.4 is 15.6 Å². The van der Waals surface area contributed by atoms with Gasteiger partial charge in [0.25, 0.3) is 0 Å². The lowest BCUT2D eigenvalue weighted by atomic mass is 10.2. The maximum absolute atomic E-state index is 9.44. The van der Waals surface area contributed by atoms with Crippen LogP contribution in [0, 0.1) is 0 Å². The third-order valence-corrected chi connectivity index (χ3v) is 4.52. The summed E-state index contributed by atoms with van der Waals surface area (Å²) in [6, 6.07) is 18.1. The highest BCUT2D eigenvalue weighted by atomic mass is 32.2. The molecule has 0 aliphatic rings. The number of methoxy groups -OCH3 is 1. The van der Waals surface area contributed by atoms with E-state index in [0.717, 1.165) is 22.8 Å². The van der Waals surface area contributed by atoms with Gasteiger partial charge >= 0.3 is 0 Å². The molecule has 2 aromatic carbocycles. The molecule has 0 aromatic heterocycles. The Morgan fingerprint density at radius 1 is 1.09 bits per heavy atom. The van der Waals surface area contributed by atoms with Gasteiger partial charge in [0.1, 0.15) is 5.75 Å². The fourth-order valence-corrected chi connectivity index (χ4v) is 3.03. The Labute approximate surface area is 142 Å². The average Bonchev–Trinajstić information content (AvgIpc) is 2.62. The van der Waals surface area contributed by atoms with Crippen molar-refractivity contribution in [2.45, 2.75) is 18.3 Å². The van der Waals surface area contributed by atoms with Gasteiger partial charge in [-0.1, -0.05) is 42.5 Å². The lowest BCUT2D eigenvalue weighted by Crippen LogP contribution is -2.39. The molecular weight excluding hydrogens is 308 g/mol. The Morgan fingerprint density at radius 3 is 2.48 bits per heavy atom. The molecule has 0 amide bonds. The fourth-order valence-electron chi connectivity index (χ4n) is 2.02. The van der Waals surface area contributed by atoms with Crippen molar-refractivity contribution in [2.24, 2.45) is 0 Å². The van der Waals surface area contributed by atoms with Crippen LogP contribution in [0.1, 0.15) is 11.1 Å². The van der Waals surface area contributed by atoms with Gasteiger partial charge in [-0.2, -0.15) is 17.2 Å². The highest BCUT2D eigenvalue weighted by Crippen LogP contribution is 2.13. The second kappa shape index (κ2) is 10.3. The molecule has 1 unspecified atom stereocenters. The summed E-state index contributed by atoms with van der Waals surface area (Å²) in [4.78, 5) is 0. The summed E-state index contributed by atoms with van der Waals surface area (Å²) < 4.78 is 5.13. The predicted molar refractivity (Wildman–Crippen MR) is 95.4 cm³/mol. The van der Waals surface area contributed by atoms with Gasteiger partial charge in [-0.15, -0.1) is 0 Å². The monoisotopic (exact) mass is 331 g/mol. The molecule has 4 nitrogen and oxygen atoms in total. The Hall–Kier alpha value is -1.53. The van der Waals surface area contributed by atoms with Crippen molar-refractivity contribution in [3.63, 3.8) is 0 Å². The standard InChI is InChI=1S/C18H23N2O2S/c1-22-18-9-7-15(8-10-18)11-19-20-17(12-21)14-23-13-16-5-3-2-4-6-16/h2-10,17,20-21H,11-14H2,1H3. The summed E-state index contributed by atoms with van der Waals surface area (Å²) in [5.74, 6) is 2.60. The minimum Gasteiger partial charge on any atom is -0.497 e. The largest absolute Gasteiger partial charge is 0.497 e. The topological polar surface area (TPSA) is 55.6 Å². The summed E-state index contributed by atoms with van der Waals surface area (Å²) in [6.07, 6.45) is 0. The molecule has 0 bridgehead atoms. The number of aliphatic hydroxyl groups excluding tert-OH is 1. The van der Waals surface area contributed by atoms with E-state index >= 15 is 0 Å². The maximum Gasteiger partial charge on any atom is 0.118 e. The molecule has 0 aliphatic heterocycles. The van der Waals surface area contributed by atoms with E-state index in [9.17, 15) is 5.11 Å². The molecule has 1 atom stereocenters. The number of thioether (sulfide) groups is 1. The second-order valence-corrected chi connectivity index (χ2v) is 6.20.